The van der Waals surface area contributed by atoms with Crippen LogP contribution in [0.5, 0.6) is 5.75 Å². The summed E-state index contributed by atoms with van der Waals surface area (Å²) >= 11 is 5.80. The quantitative estimate of drug-likeness (QED) is 0.349. The highest BCUT2D eigenvalue weighted by atomic mass is 32.2. The number of para-hydroxylation sites is 1. The van der Waals surface area contributed by atoms with Gasteiger partial charge in [0.1, 0.15) is 5.75 Å². The monoisotopic (exact) mass is 519 g/mol. The molecule has 0 spiro atoms. The average Bonchev–Trinajstić information content (AvgIpc) is 3.49. The number of hydrogen-bond donors (Lipinski definition) is 2. The van der Waals surface area contributed by atoms with E-state index in [9.17, 15) is 8.42 Å². The molecule has 3 heterocycles. The number of anilines is 2. The Morgan fingerprint density at radius 3 is 2.50 bits per heavy atom. The Labute approximate surface area is 215 Å². The third kappa shape index (κ3) is 4.77. The first-order valence-electron chi connectivity index (χ1n) is 11.2. The van der Waals surface area contributed by atoms with E-state index in [1.165, 1.54) is 7.11 Å². The van der Waals surface area contributed by atoms with Gasteiger partial charge < -0.3 is 19.5 Å². The summed E-state index contributed by atoms with van der Waals surface area (Å²) in [4.78, 5) is 6.58. The highest BCUT2D eigenvalue weighted by molar-refractivity contribution is 7.92. The number of nitrogens with one attached hydrogen (secondary N) is 2. The molecule has 1 aliphatic rings. The fourth-order valence-electron chi connectivity index (χ4n) is 4.45. The van der Waals surface area contributed by atoms with Gasteiger partial charge >= 0.3 is 0 Å². The van der Waals surface area contributed by atoms with E-state index in [2.05, 4.69) is 31.9 Å². The number of pyridine rings is 1. The number of thiocarbonyl (C=S) groups is 1. The summed E-state index contributed by atoms with van der Waals surface area (Å²) in [6.07, 6.45) is 6.96. The third-order valence-electron chi connectivity index (χ3n) is 5.97. The molecule has 0 unspecified atom stereocenters. The molecule has 2 aromatic heterocycles. The number of sulfonamides is 1. The maximum atomic E-state index is 12.0. The molecule has 0 radical (unpaired) electrons. The molecule has 8 nitrogen and oxygen atoms in total. The smallest absolute Gasteiger partial charge is 0.229 e. The molecule has 0 saturated carbocycles. The second-order valence-corrected chi connectivity index (χ2v) is 10.6. The molecule has 10 heteroatoms. The Bertz CT molecular complexity index is 1490. The van der Waals surface area contributed by atoms with Crippen LogP contribution in [0.2, 0.25) is 0 Å². The molecule has 2 N–H and O–H groups in total. The number of hydrogen-bond acceptors (Lipinski definition) is 5. The fraction of sp³-hybridized carbons (Fsp3) is 0.154. The van der Waals surface area contributed by atoms with E-state index in [4.69, 9.17) is 17.0 Å². The maximum absolute atomic E-state index is 12.0. The molecule has 184 valence electrons. The van der Waals surface area contributed by atoms with E-state index in [1.807, 2.05) is 65.7 Å². The number of methoxy groups -OCH3 is 1. The molecule has 1 fully saturated rings. The fourth-order valence-corrected chi connectivity index (χ4v) is 5.35. The molecule has 5 rings (SSSR count). The van der Waals surface area contributed by atoms with Crippen molar-refractivity contribution in [3.63, 3.8) is 0 Å². The largest absolute Gasteiger partial charge is 0.495 e. The van der Waals surface area contributed by atoms with Gasteiger partial charge in [-0.2, -0.15) is 0 Å². The van der Waals surface area contributed by atoms with Crippen molar-refractivity contribution in [1.82, 2.24) is 14.9 Å². The molecule has 1 saturated heterocycles. The van der Waals surface area contributed by atoms with Crippen LogP contribution in [0.1, 0.15) is 23.3 Å². The summed E-state index contributed by atoms with van der Waals surface area (Å²) in [6, 6.07) is 22.8. The second kappa shape index (κ2) is 9.63. The summed E-state index contributed by atoms with van der Waals surface area (Å²) in [5, 5.41) is 3.94. The number of ether oxygens (including phenoxy) is 1. The van der Waals surface area contributed by atoms with Gasteiger partial charge in [0.2, 0.25) is 10.0 Å². The molecule has 36 heavy (non-hydrogen) atoms. The summed E-state index contributed by atoms with van der Waals surface area (Å²) in [5.74, 6) is 0.412. The van der Waals surface area contributed by atoms with Gasteiger partial charge in [0, 0.05) is 30.0 Å². The summed E-state index contributed by atoms with van der Waals surface area (Å²) in [6.45, 7) is 0. The van der Waals surface area contributed by atoms with E-state index in [1.54, 1.807) is 18.3 Å². The zero-order chi connectivity index (χ0) is 25.3. The molecule has 4 aromatic rings. The van der Waals surface area contributed by atoms with Crippen molar-refractivity contribution in [2.45, 2.75) is 12.1 Å². The minimum absolute atomic E-state index is 0.223. The van der Waals surface area contributed by atoms with Crippen LogP contribution in [0.4, 0.5) is 11.4 Å². The number of benzene rings is 2. The average molecular weight is 520 g/mol. The summed E-state index contributed by atoms with van der Waals surface area (Å²) in [5.41, 5.74) is 3.97. The highest BCUT2D eigenvalue weighted by Crippen LogP contribution is 2.43. The first-order valence-corrected chi connectivity index (χ1v) is 13.5. The van der Waals surface area contributed by atoms with Crippen molar-refractivity contribution in [3.8, 4) is 11.4 Å². The van der Waals surface area contributed by atoms with Crippen molar-refractivity contribution >= 4 is 38.7 Å². The second-order valence-electron chi connectivity index (χ2n) is 8.44. The van der Waals surface area contributed by atoms with Crippen LogP contribution >= 0.6 is 12.2 Å². The van der Waals surface area contributed by atoms with Crippen LogP contribution in [0.15, 0.2) is 91.4 Å². The van der Waals surface area contributed by atoms with Gasteiger partial charge in [-0.05, 0) is 66.3 Å². The van der Waals surface area contributed by atoms with Crippen molar-refractivity contribution < 1.29 is 13.2 Å². The van der Waals surface area contributed by atoms with Crippen molar-refractivity contribution in [2.24, 2.45) is 0 Å². The van der Waals surface area contributed by atoms with Gasteiger partial charge in [-0.25, -0.2) is 8.42 Å². The lowest BCUT2D eigenvalue weighted by Crippen LogP contribution is -2.29. The normalized spacial score (nSPS) is 17.6. The molecule has 2 aromatic carbocycles. The van der Waals surface area contributed by atoms with Crippen LogP contribution in [-0.4, -0.2) is 36.4 Å². The van der Waals surface area contributed by atoms with E-state index in [0.29, 0.717) is 16.5 Å². The first-order chi connectivity index (χ1) is 17.3. The summed E-state index contributed by atoms with van der Waals surface area (Å²) in [7, 11) is -2.02. The number of rotatable bonds is 7. The Balaban J connectivity index is 1.61. The van der Waals surface area contributed by atoms with Crippen LogP contribution in [0, 0.1) is 0 Å². The molecule has 0 amide bonds. The minimum Gasteiger partial charge on any atom is -0.495 e. The minimum atomic E-state index is -3.52. The molecular formula is C26H25N5O3S2. The Morgan fingerprint density at radius 2 is 1.81 bits per heavy atom. The Hall–Kier alpha value is -3.89. The van der Waals surface area contributed by atoms with Crippen LogP contribution in [0.25, 0.3) is 5.69 Å². The van der Waals surface area contributed by atoms with Crippen molar-refractivity contribution in [2.75, 3.05) is 23.0 Å². The Morgan fingerprint density at radius 1 is 1.03 bits per heavy atom. The lowest BCUT2D eigenvalue weighted by atomic mass is 9.98. The van der Waals surface area contributed by atoms with Crippen molar-refractivity contribution in [1.29, 1.82) is 0 Å². The number of nitrogens with zero attached hydrogens (tertiary/aromatic N) is 3. The zero-order valence-corrected chi connectivity index (χ0v) is 21.3. The topological polar surface area (TPSA) is 88.5 Å². The van der Waals surface area contributed by atoms with Gasteiger partial charge in [-0.15, -0.1) is 0 Å². The van der Waals surface area contributed by atoms with Gasteiger partial charge in [-0.3, -0.25) is 9.71 Å². The van der Waals surface area contributed by atoms with Crippen molar-refractivity contribution in [3.05, 3.63) is 103 Å². The lowest BCUT2D eigenvalue weighted by molar-refractivity contribution is 0.417. The van der Waals surface area contributed by atoms with Gasteiger partial charge in [0.05, 0.1) is 36.8 Å². The molecular weight excluding hydrogens is 494 g/mol. The third-order valence-corrected chi connectivity index (χ3v) is 6.87. The van der Waals surface area contributed by atoms with E-state index < -0.39 is 10.0 Å². The van der Waals surface area contributed by atoms with Crippen LogP contribution in [0.3, 0.4) is 0 Å². The molecule has 0 aliphatic carbocycles. The van der Waals surface area contributed by atoms with Crippen LogP contribution < -0.4 is 19.7 Å². The Kier molecular flexibility index (Phi) is 6.38. The van der Waals surface area contributed by atoms with E-state index in [-0.39, 0.29) is 12.1 Å². The maximum Gasteiger partial charge on any atom is 0.229 e. The predicted octanol–water partition coefficient (Wildman–Crippen LogP) is 4.43. The lowest BCUT2D eigenvalue weighted by Gasteiger charge is -2.28. The highest BCUT2D eigenvalue weighted by Gasteiger charge is 2.41. The summed E-state index contributed by atoms with van der Waals surface area (Å²) < 4.78 is 34.0. The van der Waals surface area contributed by atoms with Crippen LogP contribution in [-0.2, 0) is 10.0 Å². The number of aromatic nitrogens is 2. The SMILES string of the molecule is COc1ccc(N2C(=S)N[C@@H](c3ccccn3)[C@@H]2c2ccn(-c3ccccc3)c2)cc1NS(C)(=O)=O. The zero-order valence-electron chi connectivity index (χ0n) is 19.7. The predicted molar refractivity (Wildman–Crippen MR) is 145 cm³/mol. The van der Waals surface area contributed by atoms with E-state index >= 15 is 0 Å². The molecule has 2 atom stereocenters. The van der Waals surface area contributed by atoms with Gasteiger partial charge in [-0.1, -0.05) is 24.3 Å². The van der Waals surface area contributed by atoms with Gasteiger partial charge in [0.15, 0.2) is 5.11 Å². The molecule has 1 aliphatic heterocycles. The first kappa shape index (κ1) is 23.8. The van der Waals surface area contributed by atoms with E-state index in [0.717, 1.165) is 28.9 Å². The standard InChI is InChI=1S/C26H25N5O3S2/c1-34-23-12-11-20(16-22(23)29-36(2,32)33)31-25(24(28-26(31)35)21-10-6-7-14-27-21)18-13-15-30(17-18)19-8-4-3-5-9-19/h3-17,24-25,29H,1-2H3,(H,28,35)/t24-,25-/m0/s1. The molecule has 0 bridgehead atoms. The van der Waals surface area contributed by atoms with Gasteiger partial charge in [0.25, 0.3) is 0 Å².